The van der Waals surface area contributed by atoms with Gasteiger partial charge in [0.1, 0.15) is 11.5 Å². The first-order valence-electron chi connectivity index (χ1n) is 9.16. The average molecular weight is 420 g/mol. The van der Waals surface area contributed by atoms with Crippen molar-refractivity contribution >= 4 is 30.7 Å². The van der Waals surface area contributed by atoms with Crippen molar-refractivity contribution < 1.29 is 14.3 Å². The standard InChI is InChI=1S/C19H29N3O3.2ClH/c1-24-16-6-7-18(25-2)15(13-16)14-21-9-11-22(12-10-21)19(23)17-5-3-4-8-20-17;;/h6-7,13,17,20H,3-5,8-12,14H2,1-2H3;2*1H. The number of benzene rings is 1. The topological polar surface area (TPSA) is 54.0 Å². The molecule has 0 radical (unpaired) electrons. The van der Waals surface area contributed by atoms with E-state index in [0.717, 1.165) is 69.2 Å². The van der Waals surface area contributed by atoms with Gasteiger partial charge in [-0.1, -0.05) is 6.42 Å². The first-order valence-corrected chi connectivity index (χ1v) is 9.16. The Balaban J connectivity index is 0.00000182. The minimum atomic E-state index is 0. The fraction of sp³-hybridized carbons (Fsp3) is 0.632. The molecule has 1 atom stereocenters. The molecule has 1 aromatic rings. The van der Waals surface area contributed by atoms with Crippen LogP contribution in [0.2, 0.25) is 0 Å². The maximum Gasteiger partial charge on any atom is 0.239 e. The number of hydrogen-bond acceptors (Lipinski definition) is 5. The number of amides is 1. The number of rotatable bonds is 5. The molecule has 2 fully saturated rings. The summed E-state index contributed by atoms with van der Waals surface area (Å²) in [5.74, 6) is 2.00. The third kappa shape index (κ3) is 6.14. The van der Waals surface area contributed by atoms with Gasteiger partial charge in [0.25, 0.3) is 0 Å². The van der Waals surface area contributed by atoms with Crippen molar-refractivity contribution in [3.63, 3.8) is 0 Å². The van der Waals surface area contributed by atoms with Gasteiger partial charge in [-0.2, -0.15) is 0 Å². The van der Waals surface area contributed by atoms with E-state index in [4.69, 9.17) is 9.47 Å². The number of ether oxygens (including phenoxy) is 2. The zero-order chi connectivity index (χ0) is 17.6. The Morgan fingerprint density at radius 1 is 1.11 bits per heavy atom. The molecule has 154 valence electrons. The maximum atomic E-state index is 12.6. The van der Waals surface area contributed by atoms with E-state index in [0.29, 0.717) is 0 Å². The molecule has 2 saturated heterocycles. The van der Waals surface area contributed by atoms with Crippen molar-refractivity contribution in [2.24, 2.45) is 0 Å². The van der Waals surface area contributed by atoms with Crippen molar-refractivity contribution in [1.82, 2.24) is 15.1 Å². The van der Waals surface area contributed by atoms with E-state index in [9.17, 15) is 4.79 Å². The maximum absolute atomic E-state index is 12.6. The SMILES string of the molecule is COc1ccc(OC)c(CN2CCN(C(=O)C3CCCCN3)CC2)c1.Cl.Cl. The number of nitrogens with zero attached hydrogens (tertiary/aromatic N) is 2. The molecule has 27 heavy (non-hydrogen) atoms. The lowest BCUT2D eigenvalue weighted by atomic mass is 10.0. The van der Waals surface area contributed by atoms with Gasteiger partial charge in [-0.25, -0.2) is 0 Å². The van der Waals surface area contributed by atoms with E-state index in [2.05, 4.69) is 10.2 Å². The fourth-order valence-corrected chi connectivity index (χ4v) is 3.66. The fourth-order valence-electron chi connectivity index (χ4n) is 3.66. The lowest BCUT2D eigenvalue weighted by molar-refractivity contribution is -0.135. The van der Waals surface area contributed by atoms with Gasteiger partial charge in [0, 0.05) is 38.3 Å². The molecule has 1 unspecified atom stereocenters. The van der Waals surface area contributed by atoms with Gasteiger partial charge in [0.2, 0.25) is 5.91 Å². The Hall–Kier alpha value is -1.21. The van der Waals surface area contributed by atoms with Crippen LogP contribution in [0.15, 0.2) is 18.2 Å². The molecular weight excluding hydrogens is 389 g/mol. The summed E-state index contributed by atoms with van der Waals surface area (Å²) in [4.78, 5) is 17.0. The van der Waals surface area contributed by atoms with Gasteiger partial charge in [-0.15, -0.1) is 24.8 Å². The largest absolute Gasteiger partial charge is 0.497 e. The van der Waals surface area contributed by atoms with Gasteiger partial charge < -0.3 is 19.7 Å². The molecule has 0 bridgehead atoms. The van der Waals surface area contributed by atoms with Gasteiger partial charge in [-0.3, -0.25) is 9.69 Å². The Kier molecular flexibility index (Phi) is 10.2. The van der Waals surface area contributed by atoms with Crippen LogP contribution in [-0.2, 0) is 11.3 Å². The summed E-state index contributed by atoms with van der Waals surface area (Å²) in [5.41, 5.74) is 1.12. The molecular formula is C19H31Cl2N3O3. The van der Waals surface area contributed by atoms with E-state index < -0.39 is 0 Å². The Morgan fingerprint density at radius 3 is 2.44 bits per heavy atom. The summed E-state index contributed by atoms with van der Waals surface area (Å²) in [5, 5.41) is 3.36. The highest BCUT2D eigenvalue weighted by Gasteiger charge is 2.28. The highest BCUT2D eigenvalue weighted by atomic mass is 35.5. The molecule has 8 heteroatoms. The highest BCUT2D eigenvalue weighted by Crippen LogP contribution is 2.25. The van der Waals surface area contributed by atoms with Gasteiger partial charge in [0.15, 0.2) is 0 Å². The van der Waals surface area contributed by atoms with Gasteiger partial charge in [-0.05, 0) is 37.6 Å². The number of carbonyl (C=O) groups excluding carboxylic acids is 1. The molecule has 1 amide bonds. The second-order valence-electron chi connectivity index (χ2n) is 6.78. The van der Waals surface area contributed by atoms with E-state index >= 15 is 0 Å². The molecule has 2 aliphatic rings. The van der Waals surface area contributed by atoms with Gasteiger partial charge >= 0.3 is 0 Å². The highest BCUT2D eigenvalue weighted by molar-refractivity contribution is 5.85. The zero-order valence-electron chi connectivity index (χ0n) is 16.1. The van der Waals surface area contributed by atoms with Gasteiger partial charge in [0.05, 0.1) is 20.3 Å². The first-order chi connectivity index (χ1) is 12.2. The molecule has 1 aromatic carbocycles. The predicted octanol–water partition coefficient (Wildman–Crippen LogP) is 2.33. The average Bonchev–Trinajstić information content (AvgIpc) is 2.68. The molecule has 0 aliphatic carbocycles. The third-order valence-corrected chi connectivity index (χ3v) is 5.17. The normalized spacial score (nSPS) is 20.2. The van der Waals surface area contributed by atoms with E-state index in [1.807, 2.05) is 23.1 Å². The van der Waals surface area contributed by atoms with Crippen LogP contribution in [-0.4, -0.2) is 68.7 Å². The molecule has 6 nitrogen and oxygen atoms in total. The van der Waals surface area contributed by atoms with Crippen molar-refractivity contribution in [1.29, 1.82) is 0 Å². The predicted molar refractivity (Wildman–Crippen MR) is 112 cm³/mol. The monoisotopic (exact) mass is 419 g/mol. The number of hydrogen-bond donors (Lipinski definition) is 1. The second-order valence-corrected chi connectivity index (χ2v) is 6.78. The quantitative estimate of drug-likeness (QED) is 0.793. The minimum Gasteiger partial charge on any atom is -0.497 e. The van der Waals surface area contributed by atoms with Crippen LogP contribution in [0.1, 0.15) is 24.8 Å². The number of methoxy groups -OCH3 is 2. The Labute approximate surface area is 174 Å². The van der Waals surface area contributed by atoms with E-state index in [1.54, 1.807) is 14.2 Å². The molecule has 1 N–H and O–H groups in total. The minimum absolute atomic E-state index is 0. The first kappa shape index (κ1) is 23.8. The van der Waals surface area contributed by atoms with Crippen molar-refractivity contribution in [2.45, 2.75) is 31.8 Å². The summed E-state index contributed by atoms with van der Waals surface area (Å²) < 4.78 is 10.8. The molecule has 0 aromatic heterocycles. The van der Waals surface area contributed by atoms with Crippen molar-refractivity contribution in [3.8, 4) is 11.5 Å². The molecule has 2 heterocycles. The van der Waals surface area contributed by atoms with Crippen LogP contribution in [0.5, 0.6) is 11.5 Å². The van der Waals surface area contributed by atoms with Crippen LogP contribution >= 0.6 is 24.8 Å². The molecule has 2 aliphatic heterocycles. The Morgan fingerprint density at radius 2 is 1.85 bits per heavy atom. The lowest BCUT2D eigenvalue weighted by Gasteiger charge is -2.37. The third-order valence-electron chi connectivity index (χ3n) is 5.17. The number of piperidine rings is 1. The van der Waals surface area contributed by atoms with Crippen LogP contribution in [0, 0.1) is 0 Å². The van der Waals surface area contributed by atoms with Crippen molar-refractivity contribution in [2.75, 3.05) is 46.9 Å². The summed E-state index contributed by atoms with van der Waals surface area (Å²) in [6.45, 7) is 5.14. The lowest BCUT2D eigenvalue weighted by Crippen LogP contribution is -2.54. The smallest absolute Gasteiger partial charge is 0.239 e. The molecule has 0 spiro atoms. The summed E-state index contributed by atoms with van der Waals surface area (Å²) in [6.07, 6.45) is 3.30. The summed E-state index contributed by atoms with van der Waals surface area (Å²) in [6, 6.07) is 5.92. The number of halogens is 2. The Bertz CT molecular complexity index is 590. The van der Waals surface area contributed by atoms with Crippen LogP contribution < -0.4 is 14.8 Å². The molecule has 3 rings (SSSR count). The van der Waals surface area contributed by atoms with Crippen LogP contribution in [0.3, 0.4) is 0 Å². The second kappa shape index (κ2) is 11.6. The van der Waals surface area contributed by atoms with Crippen LogP contribution in [0.4, 0.5) is 0 Å². The van der Waals surface area contributed by atoms with E-state index in [-0.39, 0.29) is 36.8 Å². The van der Waals surface area contributed by atoms with Crippen molar-refractivity contribution in [3.05, 3.63) is 23.8 Å². The van der Waals surface area contributed by atoms with E-state index in [1.165, 1.54) is 6.42 Å². The summed E-state index contributed by atoms with van der Waals surface area (Å²) >= 11 is 0. The zero-order valence-corrected chi connectivity index (χ0v) is 17.7. The number of piperazine rings is 1. The van der Waals surface area contributed by atoms with Crippen LogP contribution in [0.25, 0.3) is 0 Å². The molecule has 0 saturated carbocycles. The number of nitrogens with one attached hydrogen (secondary N) is 1. The number of carbonyl (C=O) groups is 1. The summed E-state index contributed by atoms with van der Waals surface area (Å²) in [7, 11) is 3.37.